The van der Waals surface area contributed by atoms with Crippen LogP contribution in [0.1, 0.15) is 19.3 Å². The fraction of sp³-hybridized carbons (Fsp3) is 0.556. The number of nitrogens with one attached hydrogen (secondary N) is 1. The van der Waals surface area contributed by atoms with Crippen molar-refractivity contribution in [2.24, 2.45) is 11.3 Å². The Bertz CT molecular complexity index is 722. The van der Waals surface area contributed by atoms with Gasteiger partial charge in [-0.15, -0.1) is 0 Å². The van der Waals surface area contributed by atoms with Crippen LogP contribution in [0.4, 0.5) is 10.5 Å². The standard InChI is InChI=1S/C18H24N2O6/c1-24-13-7-6-12(14(25-2)15(13)26-3)19-17(23)20-9-11-5-4-8-18(11,10-20)16(21)22/h6-7,11H,4-5,8-10H2,1-3H3,(H,19,23)(H,21,22)/t11-,18+/m0/s1. The third-order valence-corrected chi connectivity index (χ3v) is 5.53. The van der Waals surface area contributed by atoms with Gasteiger partial charge in [-0.05, 0) is 30.9 Å². The minimum absolute atomic E-state index is 0.0121. The topological polar surface area (TPSA) is 97.3 Å². The van der Waals surface area contributed by atoms with Crippen molar-refractivity contribution in [3.63, 3.8) is 0 Å². The van der Waals surface area contributed by atoms with Gasteiger partial charge in [-0.25, -0.2) is 4.79 Å². The number of benzene rings is 1. The lowest BCUT2D eigenvalue weighted by Gasteiger charge is -2.24. The number of fused-ring (bicyclic) bond motifs is 1. The molecule has 1 heterocycles. The van der Waals surface area contributed by atoms with Crippen molar-refractivity contribution in [1.82, 2.24) is 4.90 Å². The van der Waals surface area contributed by atoms with Crippen LogP contribution in [0.3, 0.4) is 0 Å². The molecule has 1 aliphatic carbocycles. The van der Waals surface area contributed by atoms with Gasteiger partial charge in [0.25, 0.3) is 0 Å². The first kappa shape index (κ1) is 18.2. The Labute approximate surface area is 152 Å². The van der Waals surface area contributed by atoms with Crippen molar-refractivity contribution in [3.8, 4) is 17.2 Å². The number of likely N-dealkylation sites (tertiary alicyclic amines) is 1. The van der Waals surface area contributed by atoms with E-state index in [1.807, 2.05) is 0 Å². The summed E-state index contributed by atoms with van der Waals surface area (Å²) >= 11 is 0. The van der Waals surface area contributed by atoms with Gasteiger partial charge in [-0.1, -0.05) is 6.42 Å². The zero-order chi connectivity index (χ0) is 18.9. The van der Waals surface area contributed by atoms with Gasteiger partial charge in [0, 0.05) is 13.1 Å². The highest BCUT2D eigenvalue weighted by molar-refractivity contribution is 5.93. The van der Waals surface area contributed by atoms with Crippen LogP contribution in [0, 0.1) is 11.3 Å². The highest BCUT2D eigenvalue weighted by atomic mass is 16.5. The van der Waals surface area contributed by atoms with Crippen LogP contribution in [-0.2, 0) is 4.79 Å². The molecule has 2 aliphatic rings. The molecule has 1 aromatic rings. The molecule has 0 spiro atoms. The summed E-state index contributed by atoms with van der Waals surface area (Å²) in [6.45, 7) is 0.683. The molecule has 2 N–H and O–H groups in total. The van der Waals surface area contributed by atoms with E-state index in [4.69, 9.17) is 14.2 Å². The minimum Gasteiger partial charge on any atom is -0.493 e. The number of nitrogens with zero attached hydrogens (tertiary/aromatic N) is 1. The summed E-state index contributed by atoms with van der Waals surface area (Å²) < 4.78 is 15.9. The van der Waals surface area contributed by atoms with Gasteiger partial charge in [-0.3, -0.25) is 4.79 Å². The van der Waals surface area contributed by atoms with E-state index in [2.05, 4.69) is 5.32 Å². The number of hydrogen-bond donors (Lipinski definition) is 2. The van der Waals surface area contributed by atoms with Crippen LogP contribution in [0.15, 0.2) is 12.1 Å². The zero-order valence-corrected chi connectivity index (χ0v) is 15.2. The average molecular weight is 364 g/mol. The second-order valence-electron chi connectivity index (χ2n) is 6.74. The molecule has 8 heteroatoms. The van der Waals surface area contributed by atoms with Crippen molar-refractivity contribution in [3.05, 3.63) is 12.1 Å². The highest BCUT2D eigenvalue weighted by Gasteiger charge is 2.55. The summed E-state index contributed by atoms with van der Waals surface area (Å²) in [5, 5.41) is 12.5. The summed E-state index contributed by atoms with van der Waals surface area (Å²) in [4.78, 5) is 26.1. The molecule has 2 fully saturated rings. The molecule has 26 heavy (non-hydrogen) atoms. The monoisotopic (exact) mass is 364 g/mol. The highest BCUT2D eigenvalue weighted by Crippen LogP contribution is 2.49. The summed E-state index contributed by atoms with van der Waals surface area (Å²) in [5.41, 5.74) is -0.365. The largest absolute Gasteiger partial charge is 0.493 e. The lowest BCUT2D eigenvalue weighted by molar-refractivity contribution is -0.149. The van der Waals surface area contributed by atoms with Crippen LogP contribution in [0.25, 0.3) is 0 Å². The molecule has 1 saturated carbocycles. The van der Waals surface area contributed by atoms with E-state index in [9.17, 15) is 14.7 Å². The molecule has 0 unspecified atom stereocenters. The number of hydrogen-bond acceptors (Lipinski definition) is 5. The van der Waals surface area contributed by atoms with Crippen molar-refractivity contribution in [1.29, 1.82) is 0 Å². The quantitative estimate of drug-likeness (QED) is 0.833. The summed E-state index contributed by atoms with van der Waals surface area (Å²) in [7, 11) is 4.49. The van der Waals surface area contributed by atoms with E-state index >= 15 is 0 Å². The molecule has 3 rings (SSSR count). The Balaban J connectivity index is 1.80. The van der Waals surface area contributed by atoms with Gasteiger partial charge < -0.3 is 29.5 Å². The molecule has 1 aromatic carbocycles. The number of urea groups is 1. The maximum Gasteiger partial charge on any atom is 0.321 e. The van der Waals surface area contributed by atoms with Crippen LogP contribution >= 0.6 is 0 Å². The van der Waals surface area contributed by atoms with Crippen LogP contribution in [0.5, 0.6) is 17.2 Å². The van der Waals surface area contributed by atoms with Gasteiger partial charge in [0.15, 0.2) is 11.5 Å². The maximum absolute atomic E-state index is 12.7. The van der Waals surface area contributed by atoms with Gasteiger partial charge in [0.1, 0.15) is 0 Å². The van der Waals surface area contributed by atoms with Crippen molar-refractivity contribution in [2.45, 2.75) is 19.3 Å². The maximum atomic E-state index is 12.7. The summed E-state index contributed by atoms with van der Waals surface area (Å²) in [6, 6.07) is 3.00. The fourth-order valence-electron chi connectivity index (χ4n) is 4.19. The van der Waals surface area contributed by atoms with E-state index in [-0.39, 0.29) is 18.5 Å². The molecule has 2 amide bonds. The van der Waals surface area contributed by atoms with Gasteiger partial charge in [0.05, 0.1) is 32.4 Å². The molecule has 0 bridgehead atoms. The Kier molecular flexibility index (Phi) is 4.84. The number of amides is 2. The molecule has 0 aromatic heterocycles. The molecule has 1 saturated heterocycles. The van der Waals surface area contributed by atoms with Crippen LogP contribution < -0.4 is 19.5 Å². The Morgan fingerprint density at radius 2 is 1.92 bits per heavy atom. The van der Waals surface area contributed by atoms with E-state index in [0.717, 1.165) is 12.8 Å². The fourth-order valence-corrected chi connectivity index (χ4v) is 4.19. The molecule has 1 aliphatic heterocycles. The second-order valence-corrected chi connectivity index (χ2v) is 6.74. The first-order valence-electron chi connectivity index (χ1n) is 8.55. The average Bonchev–Trinajstić information content (AvgIpc) is 3.19. The SMILES string of the molecule is COc1ccc(NC(=O)N2C[C@@H]3CCC[C@@]3(C(=O)O)C2)c(OC)c1OC. The zero-order valence-electron chi connectivity index (χ0n) is 15.2. The predicted molar refractivity (Wildman–Crippen MR) is 94.1 cm³/mol. The third kappa shape index (κ3) is 2.79. The second kappa shape index (κ2) is 6.93. The number of aliphatic carboxylic acids is 1. The lowest BCUT2D eigenvalue weighted by Crippen LogP contribution is -2.38. The van der Waals surface area contributed by atoms with Crippen molar-refractivity contribution < 1.29 is 28.9 Å². The number of anilines is 1. The Morgan fingerprint density at radius 3 is 2.50 bits per heavy atom. The summed E-state index contributed by atoms with van der Waals surface area (Å²) in [5.74, 6) is 0.431. The van der Waals surface area contributed by atoms with E-state index < -0.39 is 11.4 Å². The number of methoxy groups -OCH3 is 3. The Hall–Kier alpha value is -2.64. The number of carboxylic acids is 1. The number of ether oxygens (including phenoxy) is 3. The van der Waals surface area contributed by atoms with Gasteiger partial charge in [-0.2, -0.15) is 0 Å². The molecule has 8 nitrogen and oxygen atoms in total. The minimum atomic E-state index is -0.807. The van der Waals surface area contributed by atoms with E-state index in [0.29, 0.717) is 35.9 Å². The van der Waals surface area contributed by atoms with Crippen molar-refractivity contribution >= 4 is 17.7 Å². The first-order valence-corrected chi connectivity index (χ1v) is 8.55. The van der Waals surface area contributed by atoms with Gasteiger partial charge in [0.2, 0.25) is 5.75 Å². The Morgan fingerprint density at radius 1 is 1.19 bits per heavy atom. The van der Waals surface area contributed by atoms with Crippen LogP contribution in [0.2, 0.25) is 0 Å². The van der Waals surface area contributed by atoms with Crippen molar-refractivity contribution in [2.75, 3.05) is 39.7 Å². The third-order valence-electron chi connectivity index (χ3n) is 5.53. The number of carbonyl (C=O) groups excluding carboxylic acids is 1. The molecular weight excluding hydrogens is 340 g/mol. The van der Waals surface area contributed by atoms with Gasteiger partial charge >= 0.3 is 12.0 Å². The smallest absolute Gasteiger partial charge is 0.321 e. The number of rotatable bonds is 5. The molecule has 2 atom stereocenters. The molecule has 0 radical (unpaired) electrons. The van der Waals surface area contributed by atoms with E-state index in [1.165, 1.54) is 21.3 Å². The lowest BCUT2D eigenvalue weighted by atomic mass is 9.81. The number of carboxylic acid groups (broad SMARTS) is 1. The molecule has 142 valence electrons. The molecular formula is C18H24N2O6. The number of carbonyl (C=O) groups is 2. The van der Waals surface area contributed by atoms with Crippen LogP contribution in [-0.4, -0.2) is 56.4 Å². The predicted octanol–water partition coefficient (Wildman–Crippen LogP) is 2.43. The first-order chi connectivity index (χ1) is 12.5. The normalized spacial score (nSPS) is 24.1. The van der Waals surface area contributed by atoms with E-state index in [1.54, 1.807) is 17.0 Å². The summed E-state index contributed by atoms with van der Waals surface area (Å²) in [6.07, 6.45) is 2.36.